The van der Waals surface area contributed by atoms with E-state index in [4.69, 9.17) is 9.47 Å². The Hall–Kier alpha value is -2.93. The summed E-state index contributed by atoms with van der Waals surface area (Å²) in [5.74, 6) is 1.32. The van der Waals surface area contributed by atoms with Crippen LogP contribution in [0.5, 0.6) is 11.5 Å². The van der Waals surface area contributed by atoms with E-state index in [1.54, 1.807) is 12.1 Å². The van der Waals surface area contributed by atoms with Gasteiger partial charge in [0.25, 0.3) is 5.91 Å². The quantitative estimate of drug-likeness (QED) is 0.594. The number of anilines is 1. The molecular weight excluding hydrogens is 374 g/mol. The molecule has 1 heterocycles. The van der Waals surface area contributed by atoms with Gasteiger partial charge in [0.05, 0.1) is 6.61 Å². The standard InChI is InChI=1S/C21H23N3O3S/c1-4-26-17-7-5-6-8-18(17)27-13-19(25)22-21-24-23-20(28-21)16-11-9-15(10-12-16)14(2)3/h5-12,14H,4,13H2,1-3H3,(H,22,24,25). The van der Waals surface area contributed by atoms with Crippen LogP contribution in [0.3, 0.4) is 0 Å². The van der Waals surface area contributed by atoms with E-state index in [2.05, 4.69) is 41.5 Å². The summed E-state index contributed by atoms with van der Waals surface area (Å²) in [6.07, 6.45) is 0. The number of amides is 1. The molecule has 0 fully saturated rings. The molecule has 3 rings (SSSR count). The fourth-order valence-corrected chi connectivity index (χ4v) is 3.31. The van der Waals surface area contributed by atoms with Crippen molar-refractivity contribution in [3.05, 3.63) is 54.1 Å². The van der Waals surface area contributed by atoms with E-state index in [-0.39, 0.29) is 12.5 Å². The minimum Gasteiger partial charge on any atom is -0.490 e. The number of hydrogen-bond donors (Lipinski definition) is 1. The minimum atomic E-state index is -0.302. The lowest BCUT2D eigenvalue weighted by molar-refractivity contribution is -0.118. The second kappa shape index (κ2) is 9.32. The number of carbonyl (C=O) groups excluding carboxylic acids is 1. The summed E-state index contributed by atoms with van der Waals surface area (Å²) >= 11 is 1.33. The van der Waals surface area contributed by atoms with Crippen molar-refractivity contribution < 1.29 is 14.3 Å². The van der Waals surface area contributed by atoms with Crippen LogP contribution in [0, 0.1) is 0 Å². The topological polar surface area (TPSA) is 73.3 Å². The lowest BCUT2D eigenvalue weighted by Gasteiger charge is -2.10. The lowest BCUT2D eigenvalue weighted by atomic mass is 10.0. The van der Waals surface area contributed by atoms with Gasteiger partial charge in [-0.15, -0.1) is 10.2 Å². The number of nitrogens with one attached hydrogen (secondary N) is 1. The van der Waals surface area contributed by atoms with E-state index >= 15 is 0 Å². The molecule has 3 aromatic rings. The van der Waals surface area contributed by atoms with Crippen molar-refractivity contribution >= 4 is 22.4 Å². The van der Waals surface area contributed by atoms with Crippen LogP contribution >= 0.6 is 11.3 Å². The van der Waals surface area contributed by atoms with Crippen LogP contribution in [0.2, 0.25) is 0 Å². The largest absolute Gasteiger partial charge is 0.490 e. The van der Waals surface area contributed by atoms with E-state index in [1.807, 2.05) is 31.2 Å². The Bertz CT molecular complexity index is 923. The monoisotopic (exact) mass is 397 g/mol. The zero-order valence-corrected chi connectivity index (χ0v) is 17.0. The number of benzene rings is 2. The van der Waals surface area contributed by atoms with Gasteiger partial charge in [-0.05, 0) is 30.5 Å². The molecule has 0 atom stereocenters. The normalized spacial score (nSPS) is 10.7. The third kappa shape index (κ3) is 5.07. The third-order valence-electron chi connectivity index (χ3n) is 4.00. The molecule has 7 heteroatoms. The van der Waals surface area contributed by atoms with E-state index < -0.39 is 0 Å². The summed E-state index contributed by atoms with van der Waals surface area (Å²) in [5.41, 5.74) is 2.25. The number of aromatic nitrogens is 2. The van der Waals surface area contributed by atoms with Gasteiger partial charge >= 0.3 is 0 Å². The highest BCUT2D eigenvalue weighted by Crippen LogP contribution is 2.28. The molecule has 1 N–H and O–H groups in total. The molecule has 146 valence electrons. The van der Waals surface area contributed by atoms with Crippen molar-refractivity contribution in [2.75, 3.05) is 18.5 Å². The highest BCUT2D eigenvalue weighted by molar-refractivity contribution is 7.18. The molecule has 6 nitrogen and oxygen atoms in total. The summed E-state index contributed by atoms with van der Waals surface area (Å²) in [5, 5.41) is 12.1. The first-order valence-corrected chi connectivity index (χ1v) is 9.96. The molecule has 0 radical (unpaired) electrons. The average molecular weight is 398 g/mol. The highest BCUT2D eigenvalue weighted by atomic mass is 32.1. The molecule has 28 heavy (non-hydrogen) atoms. The first-order valence-electron chi connectivity index (χ1n) is 9.15. The van der Waals surface area contributed by atoms with Gasteiger partial charge in [0.15, 0.2) is 18.1 Å². The van der Waals surface area contributed by atoms with Gasteiger partial charge < -0.3 is 9.47 Å². The molecule has 1 amide bonds. The Morgan fingerprint density at radius 3 is 2.36 bits per heavy atom. The SMILES string of the molecule is CCOc1ccccc1OCC(=O)Nc1nnc(-c2ccc(C(C)C)cc2)s1. The van der Waals surface area contributed by atoms with Crippen LogP contribution in [-0.4, -0.2) is 29.3 Å². The Morgan fingerprint density at radius 1 is 1.04 bits per heavy atom. The molecule has 1 aromatic heterocycles. The molecule has 2 aromatic carbocycles. The van der Waals surface area contributed by atoms with Crippen molar-refractivity contribution in [3.8, 4) is 22.1 Å². The summed E-state index contributed by atoms with van der Waals surface area (Å²) in [6, 6.07) is 15.5. The molecule has 0 unspecified atom stereocenters. The summed E-state index contributed by atoms with van der Waals surface area (Å²) < 4.78 is 11.1. The molecular formula is C21H23N3O3S. The smallest absolute Gasteiger partial charge is 0.264 e. The maximum absolute atomic E-state index is 12.2. The zero-order chi connectivity index (χ0) is 19.9. The summed E-state index contributed by atoms with van der Waals surface area (Å²) in [6.45, 7) is 6.60. The molecule has 0 bridgehead atoms. The number of nitrogens with zero attached hydrogens (tertiary/aromatic N) is 2. The van der Waals surface area contributed by atoms with E-state index in [9.17, 15) is 4.79 Å². The van der Waals surface area contributed by atoms with E-state index in [1.165, 1.54) is 16.9 Å². The second-order valence-corrected chi connectivity index (χ2v) is 7.38. The number of ether oxygens (including phenoxy) is 2. The average Bonchev–Trinajstić information content (AvgIpc) is 3.16. The van der Waals surface area contributed by atoms with Gasteiger partial charge in [0.2, 0.25) is 5.13 Å². The second-order valence-electron chi connectivity index (χ2n) is 6.41. The van der Waals surface area contributed by atoms with E-state index in [0.717, 1.165) is 10.6 Å². The molecule has 0 saturated heterocycles. The number of carbonyl (C=O) groups is 1. The van der Waals surface area contributed by atoms with Gasteiger partial charge in [-0.2, -0.15) is 0 Å². The Balaban J connectivity index is 1.58. The van der Waals surface area contributed by atoms with Gasteiger partial charge in [-0.1, -0.05) is 61.6 Å². The van der Waals surface area contributed by atoms with Crippen LogP contribution in [-0.2, 0) is 4.79 Å². The van der Waals surface area contributed by atoms with Gasteiger partial charge in [-0.3, -0.25) is 10.1 Å². The maximum Gasteiger partial charge on any atom is 0.264 e. The highest BCUT2D eigenvalue weighted by Gasteiger charge is 2.12. The fraction of sp³-hybridized carbons (Fsp3) is 0.286. The molecule has 0 aliphatic carbocycles. The van der Waals surface area contributed by atoms with Crippen molar-refractivity contribution in [3.63, 3.8) is 0 Å². The predicted molar refractivity (Wildman–Crippen MR) is 111 cm³/mol. The first kappa shape index (κ1) is 19.8. The first-order chi connectivity index (χ1) is 13.6. The van der Waals surface area contributed by atoms with Gasteiger partial charge in [-0.25, -0.2) is 0 Å². The maximum atomic E-state index is 12.2. The number of para-hydroxylation sites is 2. The van der Waals surface area contributed by atoms with Crippen molar-refractivity contribution in [1.82, 2.24) is 10.2 Å². The summed E-state index contributed by atoms with van der Waals surface area (Å²) in [7, 11) is 0. The van der Waals surface area contributed by atoms with E-state index in [0.29, 0.717) is 29.2 Å². The third-order valence-corrected chi connectivity index (χ3v) is 4.89. The fourth-order valence-electron chi connectivity index (χ4n) is 2.54. The van der Waals surface area contributed by atoms with Crippen molar-refractivity contribution in [1.29, 1.82) is 0 Å². The molecule has 0 aliphatic rings. The minimum absolute atomic E-state index is 0.137. The van der Waals surface area contributed by atoms with Gasteiger partial charge in [0.1, 0.15) is 5.01 Å². The Kier molecular flexibility index (Phi) is 6.60. The Labute approximate surface area is 168 Å². The van der Waals surface area contributed by atoms with Crippen LogP contribution in [0.1, 0.15) is 32.3 Å². The lowest BCUT2D eigenvalue weighted by Crippen LogP contribution is -2.20. The zero-order valence-electron chi connectivity index (χ0n) is 16.1. The Morgan fingerprint density at radius 2 is 1.71 bits per heavy atom. The van der Waals surface area contributed by atoms with Gasteiger partial charge in [0, 0.05) is 5.56 Å². The number of rotatable bonds is 8. The predicted octanol–water partition coefficient (Wildman–Crippen LogP) is 4.74. The molecule has 0 aliphatic heterocycles. The molecule has 0 spiro atoms. The van der Waals surface area contributed by atoms with Crippen molar-refractivity contribution in [2.24, 2.45) is 0 Å². The van der Waals surface area contributed by atoms with Crippen LogP contribution in [0.4, 0.5) is 5.13 Å². The molecule has 0 saturated carbocycles. The van der Waals surface area contributed by atoms with Crippen molar-refractivity contribution in [2.45, 2.75) is 26.7 Å². The van der Waals surface area contributed by atoms with Crippen LogP contribution in [0.15, 0.2) is 48.5 Å². The van der Waals surface area contributed by atoms with Crippen LogP contribution < -0.4 is 14.8 Å². The number of hydrogen-bond acceptors (Lipinski definition) is 6. The van der Waals surface area contributed by atoms with Crippen LogP contribution in [0.25, 0.3) is 10.6 Å². The summed E-state index contributed by atoms with van der Waals surface area (Å²) in [4.78, 5) is 12.2.